The van der Waals surface area contributed by atoms with Crippen LogP contribution in [0.5, 0.6) is 0 Å². The second-order valence-corrected chi connectivity index (χ2v) is 4.53. The first-order valence-electron chi connectivity index (χ1n) is 4.45. The van der Waals surface area contributed by atoms with Gasteiger partial charge in [-0.05, 0) is 27.7 Å². The monoisotopic (exact) mass is 205 g/mol. The lowest BCUT2D eigenvalue weighted by Crippen LogP contribution is -2.47. The zero-order chi connectivity index (χ0) is 11.4. The Morgan fingerprint density at radius 3 is 1.93 bits per heavy atom. The van der Waals surface area contributed by atoms with Gasteiger partial charge in [0.05, 0.1) is 13.2 Å². The summed E-state index contributed by atoms with van der Waals surface area (Å²) in [7, 11) is 0. The highest BCUT2D eigenvalue weighted by molar-refractivity contribution is 5.68. The molecule has 0 bridgehead atoms. The summed E-state index contributed by atoms with van der Waals surface area (Å²) in [6.07, 6.45) is -0.650. The number of ether oxygens (including phenoxy) is 1. The Bertz CT molecular complexity index is 193. The van der Waals surface area contributed by atoms with E-state index in [0.717, 1.165) is 0 Å². The first kappa shape index (κ1) is 13.2. The van der Waals surface area contributed by atoms with Crippen LogP contribution in [0.25, 0.3) is 0 Å². The van der Waals surface area contributed by atoms with Gasteiger partial charge in [0.25, 0.3) is 0 Å². The second kappa shape index (κ2) is 4.61. The predicted octanol–water partition coefficient (Wildman–Crippen LogP) is 0.254. The van der Waals surface area contributed by atoms with Gasteiger partial charge in [-0.2, -0.15) is 0 Å². The number of amides is 1. The van der Waals surface area contributed by atoms with Crippen LogP contribution in [-0.4, -0.2) is 40.7 Å². The molecule has 0 unspecified atom stereocenters. The van der Waals surface area contributed by atoms with E-state index in [1.807, 2.05) is 20.8 Å². The van der Waals surface area contributed by atoms with E-state index in [-0.39, 0.29) is 0 Å². The van der Waals surface area contributed by atoms with Crippen molar-refractivity contribution in [3.63, 3.8) is 0 Å². The summed E-state index contributed by atoms with van der Waals surface area (Å²) >= 11 is 0. The summed E-state index contributed by atoms with van der Waals surface area (Å²) in [5.41, 5.74) is -1.63. The quantitative estimate of drug-likeness (QED) is 0.617. The van der Waals surface area contributed by atoms with Crippen LogP contribution >= 0.6 is 0 Å². The zero-order valence-electron chi connectivity index (χ0n) is 9.13. The molecular formula is C9H19NO4. The van der Waals surface area contributed by atoms with Crippen molar-refractivity contribution in [2.45, 2.75) is 38.8 Å². The van der Waals surface area contributed by atoms with E-state index in [2.05, 4.69) is 5.32 Å². The summed E-state index contributed by atoms with van der Waals surface area (Å²) < 4.78 is 4.86. The van der Waals surface area contributed by atoms with Crippen molar-refractivity contribution < 1.29 is 19.7 Å². The molecule has 0 aromatic rings. The molecular weight excluding hydrogens is 186 g/mol. The van der Waals surface area contributed by atoms with E-state index in [1.54, 1.807) is 0 Å². The number of rotatable bonds is 3. The fraction of sp³-hybridized carbons (Fsp3) is 0.889. The number of hydrogen-bond donors (Lipinski definition) is 3. The highest BCUT2D eigenvalue weighted by Gasteiger charge is 2.28. The standard InChI is InChI=1S/C9H19NO4/c1-8(2,3)10-7(13)14-9(4,5-11)6-12/h11-12H,5-6H2,1-4H3,(H,10,13). The third kappa shape index (κ3) is 5.04. The Kier molecular flexibility index (Phi) is 4.35. The fourth-order valence-corrected chi connectivity index (χ4v) is 0.670. The van der Waals surface area contributed by atoms with Crippen LogP contribution in [0, 0.1) is 0 Å². The van der Waals surface area contributed by atoms with Gasteiger partial charge in [0, 0.05) is 5.54 Å². The molecule has 84 valence electrons. The molecule has 5 heteroatoms. The molecule has 0 aliphatic carbocycles. The van der Waals surface area contributed by atoms with Crippen molar-refractivity contribution in [2.75, 3.05) is 13.2 Å². The Morgan fingerprint density at radius 1 is 1.21 bits per heavy atom. The van der Waals surface area contributed by atoms with Crippen LogP contribution in [0.15, 0.2) is 0 Å². The molecule has 0 fully saturated rings. The summed E-state index contributed by atoms with van der Waals surface area (Å²) in [6.45, 7) is 6.05. The maximum atomic E-state index is 11.2. The van der Waals surface area contributed by atoms with Gasteiger partial charge in [-0.3, -0.25) is 0 Å². The largest absolute Gasteiger partial charge is 0.438 e. The summed E-state index contributed by atoms with van der Waals surface area (Å²) in [6, 6.07) is 0. The number of alkyl carbamates (subject to hydrolysis) is 1. The summed E-state index contributed by atoms with van der Waals surface area (Å²) in [4.78, 5) is 11.2. The third-order valence-corrected chi connectivity index (χ3v) is 1.49. The molecule has 0 atom stereocenters. The van der Waals surface area contributed by atoms with Gasteiger partial charge in [-0.1, -0.05) is 0 Å². The van der Waals surface area contributed by atoms with E-state index < -0.39 is 30.4 Å². The number of aliphatic hydroxyl groups is 2. The van der Waals surface area contributed by atoms with Gasteiger partial charge in [-0.25, -0.2) is 4.79 Å². The molecule has 0 saturated heterocycles. The molecule has 0 aromatic carbocycles. The minimum atomic E-state index is -1.23. The van der Waals surface area contributed by atoms with Crippen LogP contribution in [-0.2, 0) is 4.74 Å². The molecule has 0 radical (unpaired) electrons. The van der Waals surface area contributed by atoms with E-state index in [9.17, 15) is 4.79 Å². The van der Waals surface area contributed by atoms with Crippen LogP contribution in [0.4, 0.5) is 4.79 Å². The van der Waals surface area contributed by atoms with Crippen LogP contribution in [0.3, 0.4) is 0 Å². The van der Waals surface area contributed by atoms with Gasteiger partial charge in [0.1, 0.15) is 0 Å². The zero-order valence-corrected chi connectivity index (χ0v) is 9.13. The van der Waals surface area contributed by atoms with Gasteiger partial charge in [0.2, 0.25) is 0 Å². The molecule has 0 aliphatic heterocycles. The van der Waals surface area contributed by atoms with E-state index in [1.165, 1.54) is 6.92 Å². The molecule has 0 aromatic heterocycles. The van der Waals surface area contributed by atoms with Crippen molar-refractivity contribution in [1.29, 1.82) is 0 Å². The Balaban J connectivity index is 4.18. The Morgan fingerprint density at radius 2 is 1.64 bits per heavy atom. The molecule has 5 nitrogen and oxygen atoms in total. The average molecular weight is 205 g/mol. The van der Waals surface area contributed by atoms with Crippen LogP contribution in [0.2, 0.25) is 0 Å². The average Bonchev–Trinajstić information content (AvgIpc) is 2.00. The van der Waals surface area contributed by atoms with Crippen molar-refractivity contribution in [1.82, 2.24) is 5.32 Å². The van der Waals surface area contributed by atoms with Crippen LogP contribution in [0.1, 0.15) is 27.7 Å². The summed E-state index contributed by atoms with van der Waals surface area (Å²) in [5.74, 6) is 0. The highest BCUT2D eigenvalue weighted by Crippen LogP contribution is 2.09. The van der Waals surface area contributed by atoms with Crippen LogP contribution < -0.4 is 5.32 Å². The molecule has 0 aliphatic rings. The third-order valence-electron chi connectivity index (χ3n) is 1.49. The Hall–Kier alpha value is -0.810. The van der Waals surface area contributed by atoms with Crippen molar-refractivity contribution in [2.24, 2.45) is 0 Å². The van der Waals surface area contributed by atoms with Gasteiger partial charge in [-0.15, -0.1) is 0 Å². The maximum Gasteiger partial charge on any atom is 0.408 e. The van der Waals surface area contributed by atoms with E-state index >= 15 is 0 Å². The first-order valence-corrected chi connectivity index (χ1v) is 4.45. The van der Waals surface area contributed by atoms with Gasteiger partial charge in [0.15, 0.2) is 5.60 Å². The molecule has 0 saturated carbocycles. The van der Waals surface area contributed by atoms with Crippen molar-refractivity contribution in [3.05, 3.63) is 0 Å². The van der Waals surface area contributed by atoms with E-state index in [0.29, 0.717) is 0 Å². The molecule has 0 rings (SSSR count). The minimum Gasteiger partial charge on any atom is -0.438 e. The number of carbonyl (C=O) groups is 1. The number of aliphatic hydroxyl groups excluding tert-OH is 2. The summed E-state index contributed by atoms with van der Waals surface area (Å²) in [5, 5.41) is 20.3. The predicted molar refractivity (Wildman–Crippen MR) is 51.9 cm³/mol. The highest BCUT2D eigenvalue weighted by atomic mass is 16.6. The minimum absolute atomic E-state index is 0.400. The lowest BCUT2D eigenvalue weighted by molar-refractivity contribution is -0.0530. The molecule has 14 heavy (non-hydrogen) atoms. The maximum absolute atomic E-state index is 11.2. The lowest BCUT2D eigenvalue weighted by Gasteiger charge is -2.28. The molecule has 3 N–H and O–H groups in total. The first-order chi connectivity index (χ1) is 6.22. The normalized spacial score (nSPS) is 12.4. The Labute approximate surface area is 84.1 Å². The number of hydrogen-bond acceptors (Lipinski definition) is 4. The van der Waals surface area contributed by atoms with Crippen molar-refractivity contribution in [3.8, 4) is 0 Å². The van der Waals surface area contributed by atoms with Gasteiger partial charge >= 0.3 is 6.09 Å². The van der Waals surface area contributed by atoms with Crippen molar-refractivity contribution >= 4 is 6.09 Å². The SMILES string of the molecule is CC(C)(C)NC(=O)OC(C)(CO)CO. The lowest BCUT2D eigenvalue weighted by atomic mass is 10.1. The van der Waals surface area contributed by atoms with Gasteiger partial charge < -0.3 is 20.3 Å². The molecule has 0 heterocycles. The fourth-order valence-electron chi connectivity index (χ4n) is 0.670. The number of carbonyl (C=O) groups excluding carboxylic acids is 1. The number of nitrogens with one attached hydrogen (secondary N) is 1. The topological polar surface area (TPSA) is 78.8 Å². The molecule has 0 spiro atoms. The second-order valence-electron chi connectivity index (χ2n) is 4.53. The molecule has 1 amide bonds. The smallest absolute Gasteiger partial charge is 0.408 e. The van der Waals surface area contributed by atoms with E-state index in [4.69, 9.17) is 14.9 Å².